The molecule has 1 aliphatic rings. The van der Waals surface area contributed by atoms with Gasteiger partial charge in [0.15, 0.2) is 0 Å². The Labute approximate surface area is 135 Å². The Hall–Kier alpha value is -2.40. The molecule has 3 rings (SSSR count). The molecular formula is C16H17ClN4O. The summed E-state index contributed by atoms with van der Waals surface area (Å²) in [5.74, 6) is -0.0206. The minimum atomic E-state index is -0.0206. The van der Waals surface area contributed by atoms with Gasteiger partial charge < -0.3 is 4.90 Å². The molecule has 2 aromatic rings. The van der Waals surface area contributed by atoms with Crippen molar-refractivity contribution in [1.82, 2.24) is 10.4 Å². The summed E-state index contributed by atoms with van der Waals surface area (Å²) in [4.78, 5) is 17.2. The van der Waals surface area contributed by atoms with Crippen LogP contribution in [0.4, 0.5) is 11.4 Å². The molecule has 114 valence electrons. The monoisotopic (exact) mass is 316 g/mol. The van der Waals surface area contributed by atoms with Crippen molar-refractivity contribution in [3.05, 3.63) is 54.4 Å². The molecule has 1 aromatic heterocycles. The topological polar surface area (TPSA) is 57.6 Å². The number of hydrogen-bond donors (Lipinski definition) is 1. The van der Waals surface area contributed by atoms with Gasteiger partial charge >= 0.3 is 0 Å². The number of nitrogens with one attached hydrogen (secondary N) is 1. The first-order valence-electron chi connectivity index (χ1n) is 6.83. The number of amides is 1. The van der Waals surface area contributed by atoms with E-state index in [1.54, 1.807) is 12.4 Å². The lowest BCUT2D eigenvalue weighted by Gasteiger charge is -2.20. The van der Waals surface area contributed by atoms with Gasteiger partial charge in [-0.25, -0.2) is 5.43 Å². The summed E-state index contributed by atoms with van der Waals surface area (Å²) in [5.41, 5.74) is 6.66. The van der Waals surface area contributed by atoms with Crippen LogP contribution in [0.2, 0.25) is 0 Å². The highest BCUT2D eigenvalue weighted by Gasteiger charge is 2.13. The second-order valence-corrected chi connectivity index (χ2v) is 4.90. The van der Waals surface area contributed by atoms with Crippen LogP contribution in [0.15, 0.2) is 53.9 Å². The van der Waals surface area contributed by atoms with Crippen LogP contribution in [-0.2, 0) is 4.79 Å². The molecule has 0 saturated heterocycles. The van der Waals surface area contributed by atoms with Crippen molar-refractivity contribution in [1.29, 1.82) is 0 Å². The van der Waals surface area contributed by atoms with Crippen molar-refractivity contribution < 1.29 is 4.79 Å². The highest BCUT2D eigenvalue weighted by atomic mass is 35.5. The Morgan fingerprint density at radius 1 is 1.00 bits per heavy atom. The number of pyridine rings is 1. The summed E-state index contributed by atoms with van der Waals surface area (Å²) in [5, 5.41) is 4.11. The van der Waals surface area contributed by atoms with Gasteiger partial charge in [-0.2, -0.15) is 5.10 Å². The van der Waals surface area contributed by atoms with Gasteiger partial charge in [0.25, 0.3) is 0 Å². The third-order valence-corrected chi connectivity index (χ3v) is 3.54. The lowest BCUT2D eigenvalue weighted by molar-refractivity contribution is -0.121. The van der Waals surface area contributed by atoms with Crippen molar-refractivity contribution in [2.75, 3.05) is 11.9 Å². The molecule has 0 atom stereocenters. The maximum Gasteiger partial charge on any atom is 0.240 e. The third-order valence-electron chi connectivity index (χ3n) is 3.54. The third kappa shape index (κ3) is 3.43. The number of carbonyl (C=O) groups excluding carboxylic acids is 1. The summed E-state index contributed by atoms with van der Waals surface area (Å²) in [6.45, 7) is 0. The molecule has 0 saturated carbocycles. The maximum absolute atomic E-state index is 11.1. The van der Waals surface area contributed by atoms with Crippen molar-refractivity contribution in [3.63, 3.8) is 0 Å². The van der Waals surface area contributed by atoms with Crippen molar-refractivity contribution in [2.45, 2.75) is 12.8 Å². The van der Waals surface area contributed by atoms with E-state index in [4.69, 9.17) is 0 Å². The number of aromatic nitrogens is 1. The Kier molecular flexibility index (Phi) is 5.12. The fourth-order valence-corrected chi connectivity index (χ4v) is 2.28. The summed E-state index contributed by atoms with van der Waals surface area (Å²) in [6, 6.07) is 12.1. The molecule has 0 bridgehead atoms. The molecule has 1 aliphatic heterocycles. The first kappa shape index (κ1) is 16.0. The van der Waals surface area contributed by atoms with Gasteiger partial charge in [0.1, 0.15) is 0 Å². The molecule has 2 heterocycles. The van der Waals surface area contributed by atoms with E-state index in [1.807, 2.05) is 31.3 Å². The number of anilines is 2. The Bertz CT molecular complexity index is 670. The highest BCUT2D eigenvalue weighted by Crippen LogP contribution is 2.23. The molecule has 0 radical (unpaired) electrons. The second kappa shape index (κ2) is 7.04. The molecule has 1 aromatic carbocycles. The number of rotatable bonds is 3. The van der Waals surface area contributed by atoms with E-state index in [0.717, 1.165) is 22.6 Å². The van der Waals surface area contributed by atoms with E-state index in [2.05, 4.69) is 32.5 Å². The molecule has 0 unspecified atom stereocenters. The lowest BCUT2D eigenvalue weighted by Crippen LogP contribution is -2.25. The zero-order valence-corrected chi connectivity index (χ0v) is 13.0. The van der Waals surface area contributed by atoms with Gasteiger partial charge in [0.2, 0.25) is 5.91 Å². The maximum atomic E-state index is 11.1. The SMILES string of the molecule is CN(c1ccncc1)c1ccc(C2=NNC(=O)CC2)cc1.Cl. The minimum Gasteiger partial charge on any atom is -0.345 e. The molecule has 22 heavy (non-hydrogen) atoms. The Balaban J connectivity index is 0.00000176. The second-order valence-electron chi connectivity index (χ2n) is 4.90. The van der Waals surface area contributed by atoms with Gasteiger partial charge in [-0.1, -0.05) is 12.1 Å². The fourth-order valence-electron chi connectivity index (χ4n) is 2.28. The number of nitrogens with zero attached hydrogens (tertiary/aromatic N) is 3. The van der Waals surface area contributed by atoms with Crippen molar-refractivity contribution >= 4 is 35.4 Å². The molecule has 0 fully saturated rings. The van der Waals surface area contributed by atoms with Crippen LogP contribution in [0.3, 0.4) is 0 Å². The number of halogens is 1. The van der Waals surface area contributed by atoms with Gasteiger partial charge in [-0.3, -0.25) is 9.78 Å². The lowest BCUT2D eigenvalue weighted by atomic mass is 10.0. The van der Waals surface area contributed by atoms with Crippen LogP contribution in [0.25, 0.3) is 0 Å². The Morgan fingerprint density at radius 3 is 2.23 bits per heavy atom. The minimum absolute atomic E-state index is 0. The first-order chi connectivity index (χ1) is 10.2. The van der Waals surface area contributed by atoms with E-state index >= 15 is 0 Å². The summed E-state index contributed by atoms with van der Waals surface area (Å²) < 4.78 is 0. The highest BCUT2D eigenvalue weighted by molar-refractivity contribution is 6.04. The van der Waals surface area contributed by atoms with Crippen LogP contribution in [0.1, 0.15) is 18.4 Å². The molecule has 1 amide bonds. The molecule has 6 heteroatoms. The number of carbonyl (C=O) groups is 1. The molecular weight excluding hydrogens is 300 g/mol. The average Bonchev–Trinajstić information content (AvgIpc) is 2.56. The summed E-state index contributed by atoms with van der Waals surface area (Å²) in [7, 11) is 2.02. The normalized spacial score (nSPS) is 13.7. The first-order valence-corrected chi connectivity index (χ1v) is 6.83. The van der Waals surface area contributed by atoms with Crippen LogP contribution in [0.5, 0.6) is 0 Å². The van der Waals surface area contributed by atoms with Gasteiger partial charge in [-0.05, 0) is 29.8 Å². The predicted octanol–water partition coefficient (Wildman–Crippen LogP) is 2.89. The standard InChI is InChI=1S/C16H16N4O.ClH/c1-20(14-8-10-17-11-9-14)13-4-2-12(3-5-13)15-6-7-16(21)19-18-15;/h2-5,8-11H,6-7H2,1H3,(H,19,21);1H. The van der Waals surface area contributed by atoms with Crippen molar-refractivity contribution in [3.8, 4) is 0 Å². The zero-order valence-electron chi connectivity index (χ0n) is 12.2. The average molecular weight is 317 g/mol. The smallest absolute Gasteiger partial charge is 0.240 e. The Morgan fingerprint density at radius 2 is 1.64 bits per heavy atom. The largest absolute Gasteiger partial charge is 0.345 e. The van der Waals surface area contributed by atoms with Gasteiger partial charge in [0.05, 0.1) is 5.71 Å². The number of hydrazone groups is 1. The molecule has 0 aliphatic carbocycles. The fraction of sp³-hybridized carbons (Fsp3) is 0.188. The van der Waals surface area contributed by atoms with Crippen LogP contribution in [-0.4, -0.2) is 23.7 Å². The quantitative estimate of drug-likeness (QED) is 0.947. The molecule has 1 N–H and O–H groups in total. The van der Waals surface area contributed by atoms with Crippen LogP contribution < -0.4 is 10.3 Å². The van der Waals surface area contributed by atoms with E-state index in [0.29, 0.717) is 12.8 Å². The van der Waals surface area contributed by atoms with Gasteiger partial charge in [0, 0.05) is 43.7 Å². The van der Waals surface area contributed by atoms with Crippen LogP contribution in [0, 0.1) is 0 Å². The summed E-state index contributed by atoms with van der Waals surface area (Å²) in [6.07, 6.45) is 4.74. The van der Waals surface area contributed by atoms with Crippen LogP contribution >= 0.6 is 12.4 Å². The zero-order chi connectivity index (χ0) is 14.7. The number of hydrogen-bond acceptors (Lipinski definition) is 4. The van der Waals surface area contributed by atoms with E-state index < -0.39 is 0 Å². The van der Waals surface area contributed by atoms with Gasteiger partial charge in [-0.15, -0.1) is 12.4 Å². The number of benzene rings is 1. The molecule has 0 spiro atoms. The predicted molar refractivity (Wildman–Crippen MR) is 89.9 cm³/mol. The van der Waals surface area contributed by atoms with E-state index in [-0.39, 0.29) is 18.3 Å². The van der Waals surface area contributed by atoms with Crippen molar-refractivity contribution in [2.24, 2.45) is 5.10 Å². The van der Waals surface area contributed by atoms with E-state index in [9.17, 15) is 4.79 Å². The molecule has 5 nitrogen and oxygen atoms in total. The van der Waals surface area contributed by atoms with E-state index in [1.165, 1.54) is 0 Å². The summed E-state index contributed by atoms with van der Waals surface area (Å²) >= 11 is 0.